The molecule has 0 saturated carbocycles. The molecule has 0 bridgehead atoms. The SMILES string of the molecule is CN1CCc2nc(NC(=O)c3ccncc3)sc2C1. The number of carbonyl (C=O) groups excluding carboxylic acids is 1. The molecule has 0 spiro atoms. The molecule has 0 fully saturated rings. The third-order valence-electron chi connectivity index (χ3n) is 3.09. The van der Waals surface area contributed by atoms with Crippen molar-refractivity contribution in [1.82, 2.24) is 14.9 Å². The average Bonchev–Trinajstić information content (AvgIpc) is 2.81. The second-order valence-corrected chi connectivity index (χ2v) is 5.65. The van der Waals surface area contributed by atoms with Gasteiger partial charge in [0, 0.05) is 42.3 Å². The predicted molar refractivity (Wildman–Crippen MR) is 74.3 cm³/mol. The van der Waals surface area contributed by atoms with Crippen molar-refractivity contribution in [2.24, 2.45) is 0 Å². The van der Waals surface area contributed by atoms with Gasteiger partial charge in [-0.05, 0) is 19.2 Å². The van der Waals surface area contributed by atoms with E-state index in [9.17, 15) is 4.79 Å². The van der Waals surface area contributed by atoms with Crippen molar-refractivity contribution in [3.8, 4) is 0 Å². The summed E-state index contributed by atoms with van der Waals surface area (Å²) >= 11 is 1.56. The summed E-state index contributed by atoms with van der Waals surface area (Å²) in [7, 11) is 2.10. The van der Waals surface area contributed by atoms with Crippen LogP contribution >= 0.6 is 11.3 Å². The molecule has 1 amide bonds. The largest absolute Gasteiger partial charge is 0.301 e. The minimum absolute atomic E-state index is 0.137. The summed E-state index contributed by atoms with van der Waals surface area (Å²) in [6.45, 7) is 1.94. The quantitative estimate of drug-likeness (QED) is 0.907. The molecule has 1 aliphatic rings. The van der Waals surface area contributed by atoms with Gasteiger partial charge in [-0.1, -0.05) is 0 Å². The van der Waals surface area contributed by atoms with Crippen LogP contribution in [0, 0.1) is 0 Å². The molecule has 2 aromatic rings. The minimum Gasteiger partial charge on any atom is -0.301 e. The van der Waals surface area contributed by atoms with Gasteiger partial charge in [-0.25, -0.2) is 4.98 Å². The zero-order valence-electron chi connectivity index (χ0n) is 10.6. The number of fused-ring (bicyclic) bond motifs is 1. The lowest BCUT2D eigenvalue weighted by Crippen LogP contribution is -2.25. The summed E-state index contributed by atoms with van der Waals surface area (Å²) in [5.41, 5.74) is 1.72. The number of hydrogen-bond acceptors (Lipinski definition) is 5. The van der Waals surface area contributed by atoms with Crippen LogP contribution in [0.4, 0.5) is 5.13 Å². The Morgan fingerprint density at radius 2 is 2.21 bits per heavy atom. The topological polar surface area (TPSA) is 58.1 Å². The molecular formula is C13H14N4OS. The summed E-state index contributed by atoms with van der Waals surface area (Å²) < 4.78 is 0. The van der Waals surface area contributed by atoms with Gasteiger partial charge in [0.15, 0.2) is 5.13 Å². The zero-order valence-corrected chi connectivity index (χ0v) is 11.4. The van der Waals surface area contributed by atoms with Gasteiger partial charge >= 0.3 is 0 Å². The van der Waals surface area contributed by atoms with E-state index in [1.54, 1.807) is 35.9 Å². The second kappa shape index (κ2) is 5.07. The van der Waals surface area contributed by atoms with E-state index in [0.717, 1.165) is 25.2 Å². The van der Waals surface area contributed by atoms with Crippen molar-refractivity contribution in [2.45, 2.75) is 13.0 Å². The Labute approximate surface area is 115 Å². The zero-order chi connectivity index (χ0) is 13.2. The summed E-state index contributed by atoms with van der Waals surface area (Å²) in [6, 6.07) is 3.38. The maximum absolute atomic E-state index is 12.0. The molecular weight excluding hydrogens is 260 g/mol. The number of likely N-dealkylation sites (N-methyl/N-ethyl adjacent to an activating group) is 1. The first kappa shape index (κ1) is 12.3. The summed E-state index contributed by atoms with van der Waals surface area (Å²) in [4.78, 5) is 23.9. The highest BCUT2D eigenvalue weighted by atomic mass is 32.1. The maximum atomic E-state index is 12.0. The first-order valence-electron chi connectivity index (χ1n) is 6.11. The third kappa shape index (κ3) is 2.64. The van der Waals surface area contributed by atoms with E-state index < -0.39 is 0 Å². The van der Waals surface area contributed by atoms with Gasteiger partial charge < -0.3 is 4.90 Å². The van der Waals surface area contributed by atoms with Crippen molar-refractivity contribution >= 4 is 22.4 Å². The van der Waals surface area contributed by atoms with Gasteiger partial charge in [-0.15, -0.1) is 11.3 Å². The number of amides is 1. The summed E-state index contributed by atoms with van der Waals surface area (Å²) in [5, 5.41) is 3.53. The lowest BCUT2D eigenvalue weighted by molar-refractivity contribution is 0.102. The van der Waals surface area contributed by atoms with Crippen molar-refractivity contribution in [1.29, 1.82) is 0 Å². The molecule has 19 heavy (non-hydrogen) atoms. The Bertz CT molecular complexity index is 596. The maximum Gasteiger partial charge on any atom is 0.257 e. The normalized spacial score (nSPS) is 15.0. The second-order valence-electron chi connectivity index (χ2n) is 4.57. The van der Waals surface area contributed by atoms with Crippen LogP contribution in [0.3, 0.4) is 0 Å². The van der Waals surface area contributed by atoms with Gasteiger partial charge in [0.1, 0.15) is 0 Å². The molecule has 1 aliphatic heterocycles. The molecule has 98 valence electrons. The number of pyridine rings is 1. The van der Waals surface area contributed by atoms with Crippen LogP contribution in [0.1, 0.15) is 20.9 Å². The summed E-state index contributed by atoms with van der Waals surface area (Å²) in [6.07, 6.45) is 4.17. The van der Waals surface area contributed by atoms with E-state index in [2.05, 4.69) is 27.2 Å². The number of nitrogens with zero attached hydrogens (tertiary/aromatic N) is 3. The van der Waals surface area contributed by atoms with Crippen LogP contribution < -0.4 is 5.32 Å². The van der Waals surface area contributed by atoms with Crippen LogP contribution in [-0.4, -0.2) is 34.4 Å². The average molecular weight is 274 g/mol. The number of aromatic nitrogens is 2. The Morgan fingerprint density at radius 3 is 3.00 bits per heavy atom. The molecule has 6 heteroatoms. The lowest BCUT2D eigenvalue weighted by Gasteiger charge is -2.20. The lowest BCUT2D eigenvalue weighted by atomic mass is 10.2. The fraction of sp³-hybridized carbons (Fsp3) is 0.308. The Kier molecular flexibility index (Phi) is 3.27. The van der Waals surface area contributed by atoms with Crippen molar-refractivity contribution in [2.75, 3.05) is 18.9 Å². The number of hydrogen-bond donors (Lipinski definition) is 1. The van der Waals surface area contributed by atoms with Crippen molar-refractivity contribution in [3.05, 3.63) is 40.7 Å². The monoisotopic (exact) mass is 274 g/mol. The van der Waals surface area contributed by atoms with Gasteiger partial charge in [-0.2, -0.15) is 0 Å². The van der Waals surface area contributed by atoms with E-state index in [4.69, 9.17) is 0 Å². The van der Waals surface area contributed by atoms with Crippen LogP contribution in [0.25, 0.3) is 0 Å². The molecule has 0 unspecified atom stereocenters. The van der Waals surface area contributed by atoms with E-state index in [-0.39, 0.29) is 5.91 Å². The fourth-order valence-electron chi connectivity index (χ4n) is 2.05. The molecule has 2 aromatic heterocycles. The molecule has 3 heterocycles. The number of thiazole rings is 1. The number of rotatable bonds is 2. The third-order valence-corrected chi connectivity index (χ3v) is 4.08. The van der Waals surface area contributed by atoms with E-state index in [1.807, 2.05) is 0 Å². The van der Waals surface area contributed by atoms with Gasteiger partial charge in [0.2, 0.25) is 0 Å². The minimum atomic E-state index is -0.137. The number of nitrogens with one attached hydrogen (secondary N) is 1. The van der Waals surface area contributed by atoms with Crippen molar-refractivity contribution in [3.63, 3.8) is 0 Å². The predicted octanol–water partition coefficient (Wildman–Crippen LogP) is 1.78. The van der Waals surface area contributed by atoms with E-state index in [0.29, 0.717) is 10.7 Å². The van der Waals surface area contributed by atoms with E-state index >= 15 is 0 Å². The fourth-order valence-corrected chi connectivity index (χ4v) is 3.13. The Morgan fingerprint density at radius 1 is 1.42 bits per heavy atom. The van der Waals surface area contributed by atoms with Crippen molar-refractivity contribution < 1.29 is 4.79 Å². The molecule has 3 rings (SSSR count). The number of anilines is 1. The van der Waals surface area contributed by atoms with Crippen LogP contribution in [0.2, 0.25) is 0 Å². The first-order chi connectivity index (χ1) is 9.22. The first-order valence-corrected chi connectivity index (χ1v) is 6.92. The molecule has 1 N–H and O–H groups in total. The van der Waals surface area contributed by atoms with Gasteiger partial charge in [0.25, 0.3) is 5.91 Å². The highest BCUT2D eigenvalue weighted by Gasteiger charge is 2.19. The highest BCUT2D eigenvalue weighted by Crippen LogP contribution is 2.27. The molecule has 5 nitrogen and oxygen atoms in total. The molecule has 0 saturated heterocycles. The van der Waals surface area contributed by atoms with Gasteiger partial charge in [-0.3, -0.25) is 15.1 Å². The molecule has 0 aromatic carbocycles. The molecule has 0 radical (unpaired) electrons. The van der Waals surface area contributed by atoms with Gasteiger partial charge in [0.05, 0.1) is 5.69 Å². The highest BCUT2D eigenvalue weighted by molar-refractivity contribution is 7.15. The van der Waals surface area contributed by atoms with Crippen LogP contribution in [-0.2, 0) is 13.0 Å². The Balaban J connectivity index is 1.76. The Hall–Kier alpha value is -1.79. The molecule has 0 aliphatic carbocycles. The smallest absolute Gasteiger partial charge is 0.257 e. The number of carbonyl (C=O) groups is 1. The summed E-state index contributed by atoms with van der Waals surface area (Å²) in [5.74, 6) is -0.137. The molecule has 0 atom stereocenters. The van der Waals surface area contributed by atoms with Crippen LogP contribution in [0.15, 0.2) is 24.5 Å². The van der Waals surface area contributed by atoms with Crippen LogP contribution in [0.5, 0.6) is 0 Å². The van der Waals surface area contributed by atoms with E-state index in [1.165, 1.54) is 4.88 Å². The standard InChI is InChI=1S/C13H14N4OS/c1-17-7-4-10-11(8-17)19-13(15-10)16-12(18)9-2-5-14-6-3-9/h2-3,5-6H,4,7-8H2,1H3,(H,15,16,18).